The van der Waals surface area contributed by atoms with Crippen molar-refractivity contribution in [1.82, 2.24) is 20.1 Å². The summed E-state index contributed by atoms with van der Waals surface area (Å²) in [6.07, 6.45) is 0. The van der Waals surface area contributed by atoms with Crippen LogP contribution in [0.3, 0.4) is 0 Å². The number of hydrogen-bond donors (Lipinski definition) is 3. The van der Waals surface area contributed by atoms with Crippen LogP contribution in [0.2, 0.25) is 0 Å². The molecule has 2 amide bonds. The number of carbonyl (C=O) groups excluding carboxylic acids is 1. The lowest BCUT2D eigenvalue weighted by Crippen LogP contribution is -2.36. The van der Waals surface area contributed by atoms with Crippen molar-refractivity contribution in [2.75, 3.05) is 19.6 Å². The highest BCUT2D eigenvalue weighted by Crippen LogP contribution is 2.19. The lowest BCUT2D eigenvalue weighted by atomic mass is 11.0. The van der Waals surface area contributed by atoms with Gasteiger partial charge in [-0.3, -0.25) is 5.43 Å². The Morgan fingerprint density at radius 1 is 1.60 bits per heavy atom. The molecule has 1 aromatic rings. The van der Waals surface area contributed by atoms with Gasteiger partial charge in [-0.15, -0.1) is 0 Å². The largest absolute Gasteiger partial charge is 0.340 e. The SMILES string of the molecule is CNC(=O)NNc1nc(SOOC)ns1. The second-order valence-corrected chi connectivity index (χ2v) is 3.45. The Kier molecular flexibility index (Phi) is 5.10. The van der Waals surface area contributed by atoms with Gasteiger partial charge < -0.3 is 5.32 Å². The van der Waals surface area contributed by atoms with Crippen LogP contribution in [0.5, 0.6) is 0 Å². The number of nitrogens with zero attached hydrogens (tertiary/aromatic N) is 2. The van der Waals surface area contributed by atoms with Crippen LogP contribution in [-0.2, 0) is 9.22 Å². The molecule has 0 saturated carbocycles. The Morgan fingerprint density at radius 3 is 3.07 bits per heavy atom. The van der Waals surface area contributed by atoms with Crippen LogP contribution in [0.15, 0.2) is 5.16 Å². The summed E-state index contributed by atoms with van der Waals surface area (Å²) in [5.74, 6) is 0. The summed E-state index contributed by atoms with van der Waals surface area (Å²) in [6.45, 7) is 0. The van der Waals surface area contributed by atoms with Crippen molar-refractivity contribution in [1.29, 1.82) is 0 Å². The molecule has 0 bridgehead atoms. The van der Waals surface area contributed by atoms with Gasteiger partial charge in [-0.1, -0.05) is 0 Å². The zero-order valence-electron chi connectivity index (χ0n) is 7.94. The number of amides is 2. The topological polar surface area (TPSA) is 97.4 Å². The average Bonchev–Trinajstić information content (AvgIpc) is 2.71. The summed E-state index contributed by atoms with van der Waals surface area (Å²) < 4.78 is 8.46. The Hall–Kier alpha value is -1.10. The van der Waals surface area contributed by atoms with Crippen molar-refractivity contribution in [3.63, 3.8) is 0 Å². The van der Waals surface area contributed by atoms with E-state index in [0.29, 0.717) is 10.3 Å². The van der Waals surface area contributed by atoms with Gasteiger partial charge in [-0.2, -0.15) is 13.7 Å². The fourth-order valence-electron chi connectivity index (χ4n) is 0.532. The van der Waals surface area contributed by atoms with Crippen LogP contribution in [0.1, 0.15) is 0 Å². The van der Waals surface area contributed by atoms with Crippen LogP contribution in [0.25, 0.3) is 0 Å². The first-order valence-electron chi connectivity index (χ1n) is 3.71. The molecule has 0 atom stereocenters. The summed E-state index contributed by atoms with van der Waals surface area (Å²) in [5.41, 5.74) is 4.91. The molecule has 0 aliphatic rings. The lowest BCUT2D eigenvalue weighted by molar-refractivity contribution is -0.160. The molecule has 0 aromatic carbocycles. The van der Waals surface area contributed by atoms with Crippen LogP contribution < -0.4 is 16.2 Å². The summed E-state index contributed by atoms with van der Waals surface area (Å²) in [6, 6.07) is -0.368. The van der Waals surface area contributed by atoms with Gasteiger partial charge in [0.05, 0.1) is 7.11 Å². The van der Waals surface area contributed by atoms with E-state index >= 15 is 0 Å². The maximum Gasteiger partial charge on any atom is 0.333 e. The Labute approximate surface area is 94.0 Å². The van der Waals surface area contributed by atoms with E-state index in [9.17, 15) is 4.79 Å². The number of rotatable bonds is 5. The fourth-order valence-corrected chi connectivity index (χ4v) is 1.51. The van der Waals surface area contributed by atoms with E-state index in [4.69, 9.17) is 0 Å². The summed E-state index contributed by atoms with van der Waals surface area (Å²) in [4.78, 5) is 19.1. The molecule has 0 spiro atoms. The molecule has 0 aliphatic heterocycles. The first kappa shape index (κ1) is 12.0. The predicted molar refractivity (Wildman–Crippen MR) is 55.1 cm³/mol. The van der Waals surface area contributed by atoms with Gasteiger partial charge >= 0.3 is 6.03 Å². The molecule has 3 N–H and O–H groups in total. The van der Waals surface area contributed by atoms with E-state index < -0.39 is 0 Å². The molecule has 0 fully saturated rings. The van der Waals surface area contributed by atoms with Crippen molar-refractivity contribution < 1.29 is 14.0 Å². The number of hydrogen-bond acceptors (Lipinski definition) is 8. The molecule has 0 radical (unpaired) electrons. The van der Waals surface area contributed by atoms with E-state index in [1.807, 2.05) is 0 Å². The molecule has 0 unspecified atom stereocenters. The standard InChI is InChI=1S/C5H9N5O3S2/c1-6-3(11)8-9-4-7-5(10-14-4)15-13-12-2/h1-2H3,(H2,6,8,11)(H,7,9,10). The van der Waals surface area contributed by atoms with Crippen molar-refractivity contribution >= 4 is 34.7 Å². The summed E-state index contributed by atoms with van der Waals surface area (Å²) in [5, 5.41) is 3.21. The van der Waals surface area contributed by atoms with E-state index in [1.54, 1.807) is 0 Å². The Bertz CT molecular complexity index is 319. The smallest absolute Gasteiger partial charge is 0.333 e. The third-order valence-corrected chi connectivity index (χ3v) is 2.38. The molecular formula is C5H9N5O3S2. The minimum atomic E-state index is -0.368. The van der Waals surface area contributed by atoms with Crippen molar-refractivity contribution in [3.8, 4) is 0 Å². The first-order chi connectivity index (χ1) is 7.26. The summed E-state index contributed by atoms with van der Waals surface area (Å²) in [7, 11) is 2.89. The van der Waals surface area contributed by atoms with Gasteiger partial charge in [-0.05, 0) is 0 Å². The molecule has 0 saturated heterocycles. The Balaban J connectivity index is 2.35. The van der Waals surface area contributed by atoms with E-state index in [2.05, 4.69) is 34.7 Å². The zero-order valence-corrected chi connectivity index (χ0v) is 9.57. The lowest BCUT2D eigenvalue weighted by Gasteiger charge is -2.02. The number of carbonyl (C=O) groups is 1. The van der Waals surface area contributed by atoms with Gasteiger partial charge in [0.25, 0.3) is 0 Å². The maximum atomic E-state index is 10.8. The van der Waals surface area contributed by atoms with Gasteiger partial charge in [0, 0.05) is 18.6 Å². The highest BCUT2D eigenvalue weighted by molar-refractivity contribution is 7.94. The van der Waals surface area contributed by atoms with Gasteiger partial charge in [0.15, 0.2) is 0 Å². The minimum absolute atomic E-state index is 0.368. The molecule has 84 valence electrons. The maximum absolute atomic E-state index is 10.8. The van der Waals surface area contributed by atoms with Crippen LogP contribution >= 0.6 is 23.6 Å². The van der Waals surface area contributed by atoms with Gasteiger partial charge in [0.1, 0.15) is 12.0 Å². The third-order valence-electron chi connectivity index (χ3n) is 1.09. The summed E-state index contributed by atoms with van der Waals surface area (Å²) >= 11 is 1.96. The monoisotopic (exact) mass is 251 g/mol. The zero-order chi connectivity index (χ0) is 11.1. The molecule has 0 aliphatic carbocycles. The minimum Gasteiger partial charge on any atom is -0.340 e. The van der Waals surface area contributed by atoms with Crippen LogP contribution in [0.4, 0.5) is 9.93 Å². The van der Waals surface area contributed by atoms with Crippen molar-refractivity contribution in [2.45, 2.75) is 5.16 Å². The van der Waals surface area contributed by atoms with Crippen LogP contribution in [-0.4, -0.2) is 29.5 Å². The molecule has 1 rings (SSSR count). The Morgan fingerprint density at radius 2 is 2.40 bits per heavy atom. The molecule has 10 heteroatoms. The quantitative estimate of drug-likeness (QED) is 0.395. The normalized spacial score (nSPS) is 9.73. The fraction of sp³-hybridized carbons (Fsp3) is 0.400. The number of aromatic nitrogens is 2. The molecular weight excluding hydrogens is 242 g/mol. The highest BCUT2D eigenvalue weighted by Gasteiger charge is 2.05. The second kappa shape index (κ2) is 6.40. The third kappa shape index (κ3) is 4.29. The number of nitrogens with one attached hydrogen (secondary N) is 3. The molecule has 1 heterocycles. The second-order valence-electron chi connectivity index (χ2n) is 2.03. The van der Waals surface area contributed by atoms with Crippen LogP contribution in [0, 0.1) is 0 Å². The predicted octanol–water partition coefficient (Wildman–Crippen LogP) is 0.379. The molecule has 15 heavy (non-hydrogen) atoms. The number of hydrazine groups is 1. The van der Waals surface area contributed by atoms with Crippen molar-refractivity contribution in [3.05, 3.63) is 0 Å². The first-order valence-corrected chi connectivity index (χ1v) is 5.22. The molecule has 8 nitrogen and oxygen atoms in total. The van der Waals surface area contributed by atoms with E-state index in [0.717, 1.165) is 23.6 Å². The molecule has 1 aromatic heterocycles. The van der Waals surface area contributed by atoms with Gasteiger partial charge in [0.2, 0.25) is 10.3 Å². The average molecular weight is 251 g/mol. The highest BCUT2D eigenvalue weighted by atomic mass is 32.2. The van der Waals surface area contributed by atoms with E-state index in [-0.39, 0.29) is 6.03 Å². The van der Waals surface area contributed by atoms with Crippen molar-refractivity contribution in [2.24, 2.45) is 0 Å². The van der Waals surface area contributed by atoms with E-state index in [1.165, 1.54) is 14.2 Å². The van der Waals surface area contributed by atoms with Gasteiger partial charge in [-0.25, -0.2) is 15.1 Å². The number of urea groups is 1. The number of anilines is 1.